The average molecular weight is 1090 g/mol. The minimum atomic E-state index is -1.81. The number of aliphatic hydroxyl groups excluding tert-OH is 3. The number of carbonyl (C=O) groups is 10. The number of amides is 9. The normalized spacial score (nSPS) is 15.9. The topological polar surface area (TPSA) is 440 Å². The predicted octanol–water partition coefficient (Wildman–Crippen LogP) is -3.06. The largest absolute Gasteiger partial charge is 0.508 e. The minimum Gasteiger partial charge on any atom is -0.508 e. The summed E-state index contributed by atoms with van der Waals surface area (Å²) >= 11 is 0. The van der Waals surface area contributed by atoms with Crippen LogP contribution in [0.4, 0.5) is 0 Å². The molecule has 0 aliphatic heterocycles. The van der Waals surface area contributed by atoms with Crippen molar-refractivity contribution in [1.82, 2.24) is 42.5 Å². The van der Waals surface area contributed by atoms with Crippen LogP contribution in [0.5, 0.6) is 11.5 Å². The van der Waals surface area contributed by atoms with Crippen molar-refractivity contribution >= 4 is 59.1 Å². The molecule has 0 saturated carbocycles. The van der Waals surface area contributed by atoms with E-state index in [1.807, 2.05) is 5.32 Å². The van der Waals surface area contributed by atoms with E-state index >= 15 is 0 Å². The van der Waals surface area contributed by atoms with Crippen LogP contribution in [0, 0.1) is 17.8 Å². The van der Waals surface area contributed by atoms with Crippen LogP contribution in [0.3, 0.4) is 0 Å². The highest BCUT2D eigenvalue weighted by molar-refractivity contribution is 5.98. The fraction of sp³-hybridized carbons (Fsp3) is 0.569. The number of phenols is 2. The zero-order chi connectivity index (χ0) is 58.3. The fourth-order valence-corrected chi connectivity index (χ4v) is 7.60. The van der Waals surface area contributed by atoms with Crippen molar-refractivity contribution in [2.45, 2.75) is 154 Å². The molecule has 9 amide bonds. The molecule has 12 atom stereocenters. The van der Waals surface area contributed by atoms with Crippen molar-refractivity contribution in [3.63, 3.8) is 0 Å². The summed E-state index contributed by atoms with van der Waals surface area (Å²) in [6.07, 6.45) is -1.86. The summed E-state index contributed by atoms with van der Waals surface area (Å²) < 4.78 is 0. The summed E-state index contributed by atoms with van der Waals surface area (Å²) in [7, 11) is 0. The van der Waals surface area contributed by atoms with Crippen LogP contribution < -0.4 is 54.0 Å². The number of aliphatic hydroxyl groups is 3. The molecule has 0 fully saturated rings. The Labute approximate surface area is 446 Å². The highest BCUT2D eigenvalue weighted by Gasteiger charge is 2.37. The number of nitrogens with one attached hydrogen (secondary N) is 8. The molecule has 2 aromatic carbocycles. The van der Waals surface area contributed by atoms with Gasteiger partial charge in [0.15, 0.2) is 6.04 Å². The molecule has 0 radical (unpaired) electrons. The fourth-order valence-electron chi connectivity index (χ4n) is 7.60. The van der Waals surface area contributed by atoms with Crippen molar-refractivity contribution in [3.8, 4) is 11.5 Å². The first-order valence-electron chi connectivity index (χ1n) is 25.3. The number of phenolic OH excluding ortho intramolecular Hbond substituents is 2. The lowest BCUT2D eigenvalue weighted by Crippen LogP contribution is -2.62. The van der Waals surface area contributed by atoms with E-state index in [0.717, 1.165) is 6.92 Å². The SMILES string of the molecule is CC[C@H](C)[C@H](NC(=O)[C@H](CO)NC(=O)[C@H](CC(C)C)NC(=O)[C@@H](NC(=O)[C@H](CCC(N)=O)NC(=O)[C@@H](N)Cc1ccc(O)cc1)[C@@H](C)CC)C(=O)N[C@@H](Cc1ccc(O)cc1)C(=O)N[C@@H](CO)C(=O)N[C@H](C(=O)O)[C@@H](C)O. The molecule has 2 rings (SSSR count). The third kappa shape index (κ3) is 22.0. The van der Waals surface area contributed by atoms with Crippen molar-refractivity contribution in [1.29, 1.82) is 0 Å². The summed E-state index contributed by atoms with van der Waals surface area (Å²) in [6.45, 7) is 9.19. The first-order chi connectivity index (χ1) is 36.1. The number of hydrogen-bond donors (Lipinski definition) is 16. The van der Waals surface area contributed by atoms with Gasteiger partial charge in [-0.05, 0) is 79.3 Å². The Bertz CT molecular complexity index is 2320. The van der Waals surface area contributed by atoms with Gasteiger partial charge < -0.3 is 84.6 Å². The lowest BCUT2D eigenvalue weighted by molar-refractivity contribution is -0.145. The molecule has 0 unspecified atom stereocenters. The van der Waals surface area contributed by atoms with Gasteiger partial charge in [0.1, 0.15) is 53.8 Å². The molecule has 0 saturated heterocycles. The van der Waals surface area contributed by atoms with E-state index in [4.69, 9.17) is 11.5 Å². The number of carboxylic acids is 1. The second-order valence-electron chi connectivity index (χ2n) is 19.5. The Morgan fingerprint density at radius 1 is 0.494 bits per heavy atom. The van der Waals surface area contributed by atoms with E-state index in [0.29, 0.717) is 17.5 Å². The quantitative estimate of drug-likeness (QED) is 0.0337. The molecule has 428 valence electrons. The van der Waals surface area contributed by atoms with Crippen molar-refractivity contribution in [3.05, 3.63) is 59.7 Å². The van der Waals surface area contributed by atoms with Gasteiger partial charge in [-0.3, -0.25) is 43.2 Å². The first kappa shape index (κ1) is 65.7. The smallest absolute Gasteiger partial charge is 0.328 e. The summed E-state index contributed by atoms with van der Waals surface area (Å²) in [5, 5.41) is 78.7. The maximum atomic E-state index is 14.1. The minimum absolute atomic E-state index is 0.0000593. The van der Waals surface area contributed by atoms with E-state index in [-0.39, 0.29) is 55.9 Å². The Morgan fingerprint density at radius 3 is 1.25 bits per heavy atom. The van der Waals surface area contributed by atoms with E-state index in [9.17, 15) is 78.6 Å². The number of carbonyl (C=O) groups excluding carboxylic acids is 9. The van der Waals surface area contributed by atoms with Gasteiger partial charge in [-0.1, -0.05) is 78.6 Å². The summed E-state index contributed by atoms with van der Waals surface area (Å²) in [6, 6.07) is -2.16. The van der Waals surface area contributed by atoms with Crippen LogP contribution in [0.1, 0.15) is 91.7 Å². The maximum absolute atomic E-state index is 14.1. The Kier molecular flexibility index (Phi) is 27.5. The maximum Gasteiger partial charge on any atom is 0.328 e. The second kappa shape index (κ2) is 32.2. The molecule has 0 aliphatic carbocycles. The third-order valence-electron chi connectivity index (χ3n) is 12.7. The monoisotopic (exact) mass is 1090 g/mol. The van der Waals surface area contributed by atoms with Gasteiger partial charge in [-0.15, -0.1) is 0 Å². The molecule has 26 heteroatoms. The van der Waals surface area contributed by atoms with Crippen LogP contribution in [-0.4, -0.2) is 163 Å². The molecular weight excluding hydrogens is 1010 g/mol. The number of aromatic hydroxyl groups is 2. The van der Waals surface area contributed by atoms with Gasteiger partial charge >= 0.3 is 5.97 Å². The highest BCUT2D eigenvalue weighted by atomic mass is 16.4. The second-order valence-corrected chi connectivity index (χ2v) is 19.5. The van der Waals surface area contributed by atoms with E-state index in [1.165, 1.54) is 36.4 Å². The molecule has 2 aromatic rings. The van der Waals surface area contributed by atoms with Crippen LogP contribution in [-0.2, 0) is 60.8 Å². The Hall–Kier alpha value is -7.42. The molecule has 0 heterocycles. The Balaban J connectivity index is 2.36. The number of rotatable bonds is 33. The standard InChI is InChI=1S/C51H78N10O16/c1-8-26(5)40(59-44(69)34(18-19-39(53)67)54-43(68)33(52)21-29-10-14-31(65)15-11-29)49(74)55-35(20-25(3)4)45(70)57-37(23-62)47(72)60-41(27(6)9-2)50(75)56-36(22-30-12-16-32(66)17-13-30)46(71)58-38(24-63)48(73)61-42(28(7)64)51(76)77/h10-17,25-28,33-38,40-42,62-66H,8-9,18-24,52H2,1-7H3,(H2,53,67)(H,54,68)(H,55,74)(H,56,75)(H,57,70)(H,58,71)(H,59,69)(H,60,72)(H,61,73)(H,76,77)/t26-,27-,28+,33-,34-,35-,36-,37-,38-,40-,41-,42-/m0/s1. The van der Waals surface area contributed by atoms with E-state index < -0.39 is 145 Å². The zero-order valence-electron chi connectivity index (χ0n) is 44.4. The molecular formula is C51H78N10O16. The summed E-state index contributed by atoms with van der Waals surface area (Å²) in [4.78, 5) is 133. The Morgan fingerprint density at radius 2 is 0.857 bits per heavy atom. The number of aliphatic carboxylic acids is 1. The van der Waals surface area contributed by atoms with E-state index in [1.54, 1.807) is 53.7 Å². The lowest BCUT2D eigenvalue weighted by atomic mass is 9.95. The molecule has 0 aliphatic rings. The average Bonchev–Trinajstić information content (AvgIpc) is 3.37. The van der Waals surface area contributed by atoms with Crippen molar-refractivity contribution in [2.75, 3.05) is 13.2 Å². The molecule has 0 bridgehead atoms. The third-order valence-corrected chi connectivity index (χ3v) is 12.7. The van der Waals surface area contributed by atoms with Gasteiger partial charge in [0.05, 0.1) is 25.4 Å². The number of carboxylic acid groups (broad SMARTS) is 1. The predicted molar refractivity (Wildman–Crippen MR) is 277 cm³/mol. The van der Waals surface area contributed by atoms with E-state index in [2.05, 4.69) is 37.2 Å². The molecule has 0 aromatic heterocycles. The molecule has 0 spiro atoms. The van der Waals surface area contributed by atoms with Gasteiger partial charge in [0, 0.05) is 12.8 Å². The summed E-state index contributed by atoms with van der Waals surface area (Å²) in [5.74, 6) is -11.7. The summed E-state index contributed by atoms with van der Waals surface area (Å²) in [5.41, 5.74) is 12.5. The molecule has 18 N–H and O–H groups in total. The number of nitrogens with two attached hydrogens (primary N) is 2. The van der Waals surface area contributed by atoms with Crippen LogP contribution in [0.2, 0.25) is 0 Å². The zero-order valence-corrected chi connectivity index (χ0v) is 44.4. The van der Waals surface area contributed by atoms with Crippen molar-refractivity contribution in [2.24, 2.45) is 29.2 Å². The van der Waals surface area contributed by atoms with Crippen LogP contribution in [0.15, 0.2) is 48.5 Å². The van der Waals surface area contributed by atoms with Gasteiger partial charge in [-0.25, -0.2) is 4.79 Å². The van der Waals surface area contributed by atoms with Crippen LogP contribution >= 0.6 is 0 Å². The van der Waals surface area contributed by atoms with Crippen molar-refractivity contribution < 1.29 is 78.6 Å². The molecule has 26 nitrogen and oxygen atoms in total. The highest BCUT2D eigenvalue weighted by Crippen LogP contribution is 2.16. The van der Waals surface area contributed by atoms with Gasteiger partial charge in [0.2, 0.25) is 53.2 Å². The molecule has 77 heavy (non-hydrogen) atoms. The lowest BCUT2D eigenvalue weighted by Gasteiger charge is -2.30. The number of hydrogen-bond acceptors (Lipinski definition) is 16. The number of benzene rings is 2. The van der Waals surface area contributed by atoms with Gasteiger partial charge in [0.25, 0.3) is 0 Å². The first-order valence-corrected chi connectivity index (χ1v) is 25.3. The van der Waals surface area contributed by atoms with Crippen LogP contribution in [0.25, 0.3) is 0 Å². The number of primary amides is 1. The van der Waals surface area contributed by atoms with Gasteiger partial charge in [-0.2, -0.15) is 0 Å².